The van der Waals surface area contributed by atoms with Gasteiger partial charge in [-0.25, -0.2) is 4.39 Å². The van der Waals surface area contributed by atoms with Crippen molar-refractivity contribution >= 4 is 17.8 Å². The van der Waals surface area contributed by atoms with Gasteiger partial charge in [0.1, 0.15) is 5.82 Å². The van der Waals surface area contributed by atoms with Crippen LogP contribution in [0.4, 0.5) is 4.39 Å². The first-order valence-electron chi connectivity index (χ1n) is 6.77. The lowest BCUT2D eigenvalue weighted by molar-refractivity contribution is -0.136. The van der Waals surface area contributed by atoms with Crippen LogP contribution in [0.3, 0.4) is 0 Å². The Labute approximate surface area is 122 Å². The molecule has 1 atom stereocenters. The van der Waals surface area contributed by atoms with Gasteiger partial charge >= 0.3 is 0 Å². The zero-order chi connectivity index (χ0) is 15.2. The third-order valence-corrected chi connectivity index (χ3v) is 3.39. The number of benzene rings is 1. The molecule has 21 heavy (non-hydrogen) atoms. The summed E-state index contributed by atoms with van der Waals surface area (Å²) in [5.41, 5.74) is 0.634. The number of carbonyl (C=O) groups is 2. The van der Waals surface area contributed by atoms with Crippen molar-refractivity contribution in [3.05, 3.63) is 41.7 Å². The van der Waals surface area contributed by atoms with E-state index in [2.05, 4.69) is 0 Å². The largest absolute Gasteiger partial charge is 0.341 e. The second-order valence-corrected chi connectivity index (χ2v) is 4.88. The number of ketones is 1. The Morgan fingerprint density at radius 1 is 1.24 bits per heavy atom. The van der Waals surface area contributed by atoms with E-state index in [4.69, 9.17) is 5.26 Å². The maximum atomic E-state index is 12.8. The minimum absolute atomic E-state index is 0.363. The molecule has 1 aliphatic rings. The fourth-order valence-corrected chi connectivity index (χ4v) is 2.21. The molecule has 0 aromatic heterocycles. The molecule has 1 saturated heterocycles. The van der Waals surface area contributed by atoms with Crippen molar-refractivity contribution in [1.29, 1.82) is 5.26 Å². The number of nitriles is 1. The third-order valence-electron chi connectivity index (χ3n) is 3.39. The zero-order valence-electron chi connectivity index (χ0n) is 11.5. The molecule has 0 spiro atoms. The lowest BCUT2D eigenvalue weighted by Gasteiger charge is -2.16. The Kier molecular flexibility index (Phi) is 4.83. The first-order chi connectivity index (χ1) is 10.1. The summed E-state index contributed by atoms with van der Waals surface area (Å²) >= 11 is 0. The molecule has 0 aliphatic carbocycles. The Morgan fingerprint density at radius 3 is 2.43 bits per heavy atom. The van der Waals surface area contributed by atoms with Gasteiger partial charge in [-0.1, -0.05) is 18.2 Å². The number of carbonyl (C=O) groups excluding carboxylic acids is 2. The van der Waals surface area contributed by atoms with Crippen molar-refractivity contribution in [2.75, 3.05) is 13.1 Å². The molecular formula is C16H15FN2O2. The predicted octanol–water partition coefficient (Wildman–Crippen LogP) is 2.17. The van der Waals surface area contributed by atoms with Gasteiger partial charge in [-0.2, -0.15) is 5.26 Å². The molecule has 1 aromatic rings. The van der Waals surface area contributed by atoms with Crippen LogP contribution in [-0.4, -0.2) is 29.7 Å². The molecule has 2 rings (SSSR count). The lowest BCUT2D eigenvalue weighted by Crippen LogP contribution is -2.36. The molecule has 108 valence electrons. The lowest BCUT2D eigenvalue weighted by atomic mass is 10.0. The molecule has 1 aromatic carbocycles. The average molecular weight is 286 g/mol. The molecule has 0 unspecified atom stereocenters. The van der Waals surface area contributed by atoms with Crippen molar-refractivity contribution < 1.29 is 14.0 Å². The molecule has 1 heterocycles. The standard InChI is InChI=1S/C16H15FN2O2/c17-13-6-3-12(4-7-13)5-8-15(20)14(11-18)16(21)19-9-1-2-10-19/h3-8,14H,1-2,9-10H2/b8-5+/t14-/m1/s1. The van der Waals surface area contributed by atoms with Crippen molar-refractivity contribution in [3.8, 4) is 6.07 Å². The smallest absolute Gasteiger partial charge is 0.247 e. The Hall–Kier alpha value is -2.48. The van der Waals surface area contributed by atoms with Crippen LogP contribution < -0.4 is 0 Å². The van der Waals surface area contributed by atoms with Gasteiger partial charge in [0.2, 0.25) is 5.91 Å². The molecule has 0 saturated carbocycles. The van der Waals surface area contributed by atoms with Crippen LogP contribution in [0.15, 0.2) is 30.3 Å². The van der Waals surface area contributed by atoms with Gasteiger partial charge in [0.15, 0.2) is 11.7 Å². The topological polar surface area (TPSA) is 61.2 Å². The maximum absolute atomic E-state index is 12.8. The fraction of sp³-hybridized carbons (Fsp3) is 0.312. The van der Waals surface area contributed by atoms with E-state index >= 15 is 0 Å². The van der Waals surface area contributed by atoms with Crippen LogP contribution in [-0.2, 0) is 9.59 Å². The van der Waals surface area contributed by atoms with E-state index in [0.29, 0.717) is 18.7 Å². The van der Waals surface area contributed by atoms with Gasteiger partial charge in [0, 0.05) is 13.1 Å². The van der Waals surface area contributed by atoms with Crippen LogP contribution >= 0.6 is 0 Å². The van der Waals surface area contributed by atoms with E-state index < -0.39 is 17.6 Å². The van der Waals surface area contributed by atoms with E-state index in [1.807, 2.05) is 0 Å². The number of hydrogen-bond acceptors (Lipinski definition) is 3. The summed E-state index contributed by atoms with van der Waals surface area (Å²) in [5, 5.41) is 9.06. The van der Waals surface area contributed by atoms with Gasteiger partial charge in [0.25, 0.3) is 0 Å². The molecule has 4 nitrogen and oxygen atoms in total. The molecular weight excluding hydrogens is 271 g/mol. The molecule has 0 N–H and O–H groups in total. The first-order valence-corrected chi connectivity index (χ1v) is 6.77. The van der Waals surface area contributed by atoms with Crippen LogP contribution in [0.2, 0.25) is 0 Å². The van der Waals surface area contributed by atoms with Crippen molar-refractivity contribution in [3.63, 3.8) is 0 Å². The van der Waals surface area contributed by atoms with Gasteiger partial charge in [-0.15, -0.1) is 0 Å². The summed E-state index contributed by atoms with van der Waals surface area (Å²) in [4.78, 5) is 25.6. The molecule has 0 radical (unpaired) electrons. The van der Waals surface area contributed by atoms with Crippen molar-refractivity contribution in [2.45, 2.75) is 12.8 Å². The molecule has 1 fully saturated rings. The van der Waals surface area contributed by atoms with E-state index in [1.165, 1.54) is 36.4 Å². The minimum Gasteiger partial charge on any atom is -0.341 e. The zero-order valence-corrected chi connectivity index (χ0v) is 11.5. The maximum Gasteiger partial charge on any atom is 0.247 e. The highest BCUT2D eigenvalue weighted by molar-refractivity contribution is 6.10. The Morgan fingerprint density at radius 2 is 1.86 bits per heavy atom. The summed E-state index contributed by atoms with van der Waals surface area (Å²) < 4.78 is 12.8. The van der Waals surface area contributed by atoms with E-state index in [1.54, 1.807) is 11.0 Å². The first kappa shape index (κ1) is 14.9. The fourth-order valence-electron chi connectivity index (χ4n) is 2.21. The van der Waals surface area contributed by atoms with Crippen LogP contribution in [0.1, 0.15) is 18.4 Å². The number of halogens is 1. The van der Waals surface area contributed by atoms with E-state index in [-0.39, 0.29) is 5.82 Å². The number of likely N-dealkylation sites (tertiary alicyclic amines) is 1. The minimum atomic E-state index is -1.29. The van der Waals surface area contributed by atoms with Gasteiger partial charge in [0.05, 0.1) is 6.07 Å². The van der Waals surface area contributed by atoms with E-state index in [0.717, 1.165) is 12.8 Å². The number of allylic oxidation sites excluding steroid dienone is 1. The third kappa shape index (κ3) is 3.76. The SMILES string of the molecule is N#C[C@H](C(=O)/C=C/c1ccc(F)cc1)C(=O)N1CCCC1. The Balaban J connectivity index is 2.04. The molecule has 0 bridgehead atoms. The monoisotopic (exact) mass is 286 g/mol. The van der Waals surface area contributed by atoms with Gasteiger partial charge in [-0.05, 0) is 36.6 Å². The highest BCUT2D eigenvalue weighted by Gasteiger charge is 2.30. The summed E-state index contributed by atoms with van der Waals surface area (Å²) in [6.45, 7) is 1.21. The number of nitrogens with zero attached hydrogens (tertiary/aromatic N) is 2. The quantitative estimate of drug-likeness (QED) is 0.629. The Bertz CT molecular complexity index is 596. The summed E-state index contributed by atoms with van der Waals surface area (Å²) in [6, 6.07) is 7.36. The summed E-state index contributed by atoms with van der Waals surface area (Å²) in [5.74, 6) is -2.63. The molecule has 5 heteroatoms. The summed E-state index contributed by atoms with van der Waals surface area (Å²) in [7, 11) is 0. The van der Waals surface area contributed by atoms with Crippen molar-refractivity contribution in [1.82, 2.24) is 4.90 Å². The van der Waals surface area contributed by atoms with Crippen LogP contribution in [0, 0.1) is 23.1 Å². The molecule has 1 aliphatic heterocycles. The van der Waals surface area contributed by atoms with Crippen molar-refractivity contribution in [2.24, 2.45) is 5.92 Å². The normalized spacial score (nSPS) is 15.9. The van der Waals surface area contributed by atoms with Gasteiger partial charge in [-0.3, -0.25) is 9.59 Å². The summed E-state index contributed by atoms with van der Waals surface area (Å²) in [6.07, 6.45) is 4.49. The number of amides is 1. The van der Waals surface area contributed by atoms with E-state index in [9.17, 15) is 14.0 Å². The molecule has 1 amide bonds. The highest BCUT2D eigenvalue weighted by Crippen LogP contribution is 2.13. The highest BCUT2D eigenvalue weighted by atomic mass is 19.1. The van der Waals surface area contributed by atoms with Gasteiger partial charge < -0.3 is 4.90 Å². The van der Waals surface area contributed by atoms with Crippen LogP contribution in [0.5, 0.6) is 0 Å². The predicted molar refractivity (Wildman–Crippen MR) is 75.4 cm³/mol. The average Bonchev–Trinajstić information content (AvgIpc) is 3.01. The number of rotatable bonds is 4. The second kappa shape index (κ2) is 6.80. The van der Waals surface area contributed by atoms with Crippen LogP contribution in [0.25, 0.3) is 6.08 Å². The second-order valence-electron chi connectivity index (χ2n) is 4.88. The number of hydrogen-bond donors (Lipinski definition) is 0.